The molecule has 0 rings (SSSR count). The van der Waals surface area contributed by atoms with Crippen LogP contribution in [-0.4, -0.2) is 18.8 Å². The monoisotopic (exact) mass is 197 g/mol. The van der Waals surface area contributed by atoms with Crippen LogP contribution in [0.3, 0.4) is 0 Å². The van der Waals surface area contributed by atoms with Gasteiger partial charge in [0, 0.05) is 0 Å². The number of hydrogen-bond donors (Lipinski definition) is 1. The number of hydrogen-bond acceptors (Lipinski definition) is 1. The first-order chi connectivity index (χ1) is 5.75. The summed E-state index contributed by atoms with van der Waals surface area (Å²) in [5.41, 5.74) is 0. The van der Waals surface area contributed by atoms with E-state index in [1.54, 1.807) is 13.8 Å². The topological polar surface area (TPSA) is 12.0 Å². The van der Waals surface area contributed by atoms with E-state index in [0.717, 1.165) is 0 Å². The lowest BCUT2D eigenvalue weighted by Crippen LogP contribution is -2.47. The Balaban J connectivity index is 4.12. The molecule has 0 aromatic carbocycles. The predicted octanol–water partition coefficient (Wildman–Crippen LogP) is 2.82. The second-order valence-electron chi connectivity index (χ2n) is 4.07. The molecule has 0 bridgehead atoms. The van der Waals surface area contributed by atoms with Gasteiger partial charge >= 0.3 is 6.18 Å². The van der Waals surface area contributed by atoms with Crippen molar-refractivity contribution >= 4 is 0 Å². The van der Waals surface area contributed by atoms with Crippen LogP contribution in [0.5, 0.6) is 0 Å². The van der Waals surface area contributed by atoms with Gasteiger partial charge < -0.3 is 5.32 Å². The number of alkyl halides is 3. The maximum atomic E-state index is 12.4. The van der Waals surface area contributed by atoms with E-state index < -0.39 is 18.1 Å². The van der Waals surface area contributed by atoms with Crippen molar-refractivity contribution in [2.24, 2.45) is 11.8 Å². The summed E-state index contributed by atoms with van der Waals surface area (Å²) < 4.78 is 37.1. The molecular weight excluding hydrogens is 179 g/mol. The average Bonchev–Trinajstić information content (AvgIpc) is 1.81. The Morgan fingerprint density at radius 3 is 1.77 bits per heavy atom. The molecule has 1 nitrogen and oxygen atoms in total. The predicted molar refractivity (Wildman–Crippen MR) is 47.5 cm³/mol. The fourth-order valence-electron chi connectivity index (χ4n) is 1.09. The Hall–Kier alpha value is -0.250. The van der Waals surface area contributed by atoms with E-state index in [2.05, 4.69) is 5.32 Å². The van der Waals surface area contributed by atoms with Gasteiger partial charge in [-0.05, 0) is 18.4 Å². The molecule has 0 unspecified atom stereocenters. The molecule has 13 heavy (non-hydrogen) atoms. The SMILES string of the molecule is CC(C)CN[C@H](C(C)C)C(F)(F)F. The van der Waals surface area contributed by atoms with Crippen LogP contribution in [-0.2, 0) is 0 Å². The molecule has 0 aromatic rings. The summed E-state index contributed by atoms with van der Waals surface area (Å²) in [6.07, 6.45) is -4.14. The summed E-state index contributed by atoms with van der Waals surface area (Å²) in [5.74, 6) is -0.178. The van der Waals surface area contributed by atoms with Crippen molar-refractivity contribution < 1.29 is 13.2 Å². The zero-order chi connectivity index (χ0) is 10.6. The first-order valence-corrected chi connectivity index (χ1v) is 4.55. The van der Waals surface area contributed by atoms with Crippen molar-refractivity contribution in [1.82, 2.24) is 5.32 Å². The first kappa shape index (κ1) is 12.8. The number of rotatable bonds is 4. The van der Waals surface area contributed by atoms with Crippen molar-refractivity contribution in [3.05, 3.63) is 0 Å². The van der Waals surface area contributed by atoms with Gasteiger partial charge in [-0.1, -0.05) is 27.7 Å². The minimum atomic E-state index is -4.14. The van der Waals surface area contributed by atoms with E-state index in [9.17, 15) is 13.2 Å². The van der Waals surface area contributed by atoms with Crippen LogP contribution in [0.4, 0.5) is 13.2 Å². The number of halogens is 3. The van der Waals surface area contributed by atoms with Gasteiger partial charge in [0.2, 0.25) is 0 Å². The van der Waals surface area contributed by atoms with E-state index >= 15 is 0 Å². The molecule has 0 aliphatic heterocycles. The minimum Gasteiger partial charge on any atom is -0.306 e. The van der Waals surface area contributed by atoms with Crippen LogP contribution < -0.4 is 5.32 Å². The summed E-state index contributed by atoms with van der Waals surface area (Å²) in [5, 5.41) is 2.53. The van der Waals surface area contributed by atoms with E-state index in [0.29, 0.717) is 6.54 Å². The highest BCUT2D eigenvalue weighted by Gasteiger charge is 2.41. The summed E-state index contributed by atoms with van der Waals surface area (Å²) in [6.45, 7) is 7.33. The summed E-state index contributed by atoms with van der Waals surface area (Å²) in [6, 6.07) is -1.38. The van der Waals surface area contributed by atoms with Crippen molar-refractivity contribution in [2.75, 3.05) is 6.54 Å². The van der Waals surface area contributed by atoms with E-state index in [1.165, 1.54) is 0 Å². The van der Waals surface area contributed by atoms with Crippen LogP contribution in [0.25, 0.3) is 0 Å². The van der Waals surface area contributed by atoms with Gasteiger partial charge in [0.15, 0.2) is 0 Å². The Bertz CT molecular complexity index is 140. The van der Waals surface area contributed by atoms with Crippen molar-refractivity contribution in [1.29, 1.82) is 0 Å². The summed E-state index contributed by atoms with van der Waals surface area (Å²) in [4.78, 5) is 0. The maximum absolute atomic E-state index is 12.4. The Morgan fingerprint density at radius 1 is 1.08 bits per heavy atom. The van der Waals surface area contributed by atoms with Crippen molar-refractivity contribution in [2.45, 2.75) is 39.9 Å². The molecular formula is C9H18F3N. The molecule has 4 heteroatoms. The Morgan fingerprint density at radius 2 is 1.54 bits per heavy atom. The van der Waals surface area contributed by atoms with Gasteiger partial charge in [-0.3, -0.25) is 0 Å². The van der Waals surface area contributed by atoms with Crippen LogP contribution in [0.2, 0.25) is 0 Å². The van der Waals surface area contributed by atoms with E-state index in [1.807, 2.05) is 13.8 Å². The molecule has 0 fully saturated rings. The first-order valence-electron chi connectivity index (χ1n) is 4.55. The highest BCUT2D eigenvalue weighted by Crippen LogP contribution is 2.25. The molecule has 1 N–H and O–H groups in total. The third kappa shape index (κ3) is 5.13. The van der Waals surface area contributed by atoms with Gasteiger partial charge in [-0.25, -0.2) is 0 Å². The second-order valence-corrected chi connectivity index (χ2v) is 4.07. The highest BCUT2D eigenvalue weighted by atomic mass is 19.4. The van der Waals surface area contributed by atoms with Gasteiger partial charge in [0.1, 0.15) is 6.04 Å². The molecule has 0 saturated heterocycles. The molecule has 0 aromatic heterocycles. The molecule has 0 aliphatic rings. The smallest absolute Gasteiger partial charge is 0.306 e. The highest BCUT2D eigenvalue weighted by molar-refractivity contribution is 4.78. The van der Waals surface area contributed by atoms with Crippen LogP contribution in [0.1, 0.15) is 27.7 Å². The standard InChI is InChI=1S/C9H18F3N/c1-6(2)5-13-8(7(3)4)9(10,11)12/h6-8,13H,5H2,1-4H3/t8-/m1/s1. The molecule has 1 atom stereocenters. The molecule has 0 heterocycles. The largest absolute Gasteiger partial charge is 0.404 e. The summed E-state index contributed by atoms with van der Waals surface area (Å²) in [7, 11) is 0. The zero-order valence-electron chi connectivity index (χ0n) is 8.57. The fraction of sp³-hybridized carbons (Fsp3) is 1.00. The summed E-state index contributed by atoms with van der Waals surface area (Å²) >= 11 is 0. The molecule has 0 spiro atoms. The number of nitrogens with one attached hydrogen (secondary N) is 1. The molecule has 0 amide bonds. The molecule has 0 saturated carbocycles. The third-order valence-corrected chi connectivity index (χ3v) is 1.77. The minimum absolute atomic E-state index is 0.239. The molecule has 80 valence electrons. The lowest BCUT2D eigenvalue weighted by molar-refractivity contribution is -0.165. The maximum Gasteiger partial charge on any atom is 0.404 e. The normalized spacial score (nSPS) is 15.5. The lowest BCUT2D eigenvalue weighted by Gasteiger charge is -2.25. The van der Waals surface area contributed by atoms with Gasteiger partial charge in [0.25, 0.3) is 0 Å². The third-order valence-electron chi connectivity index (χ3n) is 1.77. The van der Waals surface area contributed by atoms with Gasteiger partial charge in [-0.2, -0.15) is 13.2 Å². The van der Waals surface area contributed by atoms with Crippen LogP contribution >= 0.6 is 0 Å². The van der Waals surface area contributed by atoms with Gasteiger partial charge in [-0.15, -0.1) is 0 Å². The van der Waals surface area contributed by atoms with E-state index in [4.69, 9.17) is 0 Å². The fourth-order valence-corrected chi connectivity index (χ4v) is 1.09. The molecule has 0 radical (unpaired) electrons. The van der Waals surface area contributed by atoms with Crippen molar-refractivity contribution in [3.63, 3.8) is 0 Å². The van der Waals surface area contributed by atoms with Crippen LogP contribution in [0, 0.1) is 11.8 Å². The van der Waals surface area contributed by atoms with Crippen molar-refractivity contribution in [3.8, 4) is 0 Å². The average molecular weight is 197 g/mol. The quantitative estimate of drug-likeness (QED) is 0.730. The van der Waals surface area contributed by atoms with E-state index in [-0.39, 0.29) is 5.92 Å². The molecule has 0 aliphatic carbocycles. The van der Waals surface area contributed by atoms with Crippen LogP contribution in [0.15, 0.2) is 0 Å². The Kier molecular flexibility index (Phi) is 4.75. The lowest BCUT2D eigenvalue weighted by atomic mass is 10.0. The Labute approximate surface area is 77.7 Å². The van der Waals surface area contributed by atoms with Gasteiger partial charge in [0.05, 0.1) is 0 Å². The second kappa shape index (κ2) is 4.84. The zero-order valence-corrected chi connectivity index (χ0v) is 8.57.